The minimum absolute atomic E-state index is 0.186. The summed E-state index contributed by atoms with van der Waals surface area (Å²) in [5, 5.41) is 17.8. The van der Waals surface area contributed by atoms with Gasteiger partial charge in [-0.3, -0.25) is 0 Å². The maximum absolute atomic E-state index is 8.96. The molecule has 1 aliphatic carbocycles. The number of aliphatic hydroxyl groups excluding tert-OH is 2. The van der Waals surface area contributed by atoms with Gasteiger partial charge in [-0.15, -0.1) is 0 Å². The summed E-state index contributed by atoms with van der Waals surface area (Å²) in [6.07, 6.45) is 0.976. The zero-order valence-corrected chi connectivity index (χ0v) is 7.17. The Kier molecular flexibility index (Phi) is 2.68. The molecule has 0 spiro atoms. The van der Waals surface area contributed by atoms with Crippen LogP contribution in [0.15, 0.2) is 11.1 Å². The molecule has 2 atom stereocenters. The Balaban J connectivity index is 2.59. The maximum atomic E-state index is 8.96. The van der Waals surface area contributed by atoms with Crippen molar-refractivity contribution < 1.29 is 10.2 Å². The fourth-order valence-corrected chi connectivity index (χ4v) is 1.73. The summed E-state index contributed by atoms with van der Waals surface area (Å²) in [5.41, 5.74) is 2.64. The Morgan fingerprint density at radius 2 is 2.00 bits per heavy atom. The van der Waals surface area contributed by atoms with Gasteiger partial charge in [0.2, 0.25) is 0 Å². The summed E-state index contributed by atoms with van der Waals surface area (Å²) >= 11 is 0. The average molecular weight is 156 g/mol. The number of allylic oxidation sites excluding steroid dienone is 1. The first-order chi connectivity index (χ1) is 5.20. The normalized spacial score (nSPS) is 30.0. The molecule has 0 aromatic rings. The quantitative estimate of drug-likeness (QED) is 0.584. The lowest BCUT2D eigenvalue weighted by Crippen LogP contribution is -2.35. The van der Waals surface area contributed by atoms with Crippen LogP contribution in [0.4, 0.5) is 0 Å². The van der Waals surface area contributed by atoms with Gasteiger partial charge < -0.3 is 10.2 Å². The molecule has 0 aliphatic heterocycles. The Hall–Kier alpha value is -0.340. The largest absolute Gasteiger partial charge is 0.396 e. The van der Waals surface area contributed by atoms with Crippen molar-refractivity contribution >= 4 is 0 Å². The zero-order chi connectivity index (χ0) is 8.43. The summed E-state index contributed by atoms with van der Waals surface area (Å²) in [6.45, 7) is 4.52. The molecule has 1 fully saturated rings. The molecule has 0 unspecified atom stereocenters. The molecule has 0 aromatic carbocycles. The molecule has 1 saturated carbocycles. The van der Waals surface area contributed by atoms with Crippen LogP contribution in [-0.4, -0.2) is 23.4 Å². The van der Waals surface area contributed by atoms with E-state index in [2.05, 4.69) is 13.8 Å². The number of hydrogen-bond donors (Lipinski definition) is 2. The molecular formula is C9H16O2. The number of hydrogen-bond acceptors (Lipinski definition) is 2. The van der Waals surface area contributed by atoms with E-state index in [9.17, 15) is 0 Å². The Morgan fingerprint density at radius 1 is 1.36 bits per heavy atom. The molecular weight excluding hydrogens is 140 g/mol. The van der Waals surface area contributed by atoms with Crippen LogP contribution in [0.2, 0.25) is 0 Å². The fraction of sp³-hybridized carbons (Fsp3) is 0.778. The molecule has 2 heteroatoms. The van der Waals surface area contributed by atoms with E-state index in [0.717, 1.165) is 6.42 Å². The van der Waals surface area contributed by atoms with Crippen LogP contribution in [0.5, 0.6) is 0 Å². The third kappa shape index (κ3) is 1.47. The summed E-state index contributed by atoms with van der Waals surface area (Å²) in [6, 6.07) is 0. The van der Waals surface area contributed by atoms with Crippen LogP contribution in [0.1, 0.15) is 20.3 Å². The smallest absolute Gasteiger partial charge is 0.0500 e. The fourth-order valence-electron chi connectivity index (χ4n) is 1.73. The van der Waals surface area contributed by atoms with Crippen molar-refractivity contribution in [2.75, 3.05) is 13.2 Å². The molecule has 0 amide bonds. The van der Waals surface area contributed by atoms with Gasteiger partial charge in [0.25, 0.3) is 0 Å². The van der Waals surface area contributed by atoms with E-state index in [1.54, 1.807) is 0 Å². The number of aliphatic hydroxyl groups is 2. The lowest BCUT2D eigenvalue weighted by atomic mass is 9.68. The van der Waals surface area contributed by atoms with E-state index >= 15 is 0 Å². The van der Waals surface area contributed by atoms with Crippen LogP contribution in [-0.2, 0) is 0 Å². The van der Waals surface area contributed by atoms with Crippen molar-refractivity contribution in [3.05, 3.63) is 11.1 Å². The second kappa shape index (κ2) is 3.37. The molecule has 11 heavy (non-hydrogen) atoms. The second-order valence-corrected chi connectivity index (χ2v) is 3.46. The zero-order valence-electron chi connectivity index (χ0n) is 7.17. The van der Waals surface area contributed by atoms with Crippen LogP contribution in [0.25, 0.3) is 0 Å². The SMILES string of the molecule is CC(C)=C1C[C@H](CO)[C@@H]1CO. The topological polar surface area (TPSA) is 40.5 Å². The third-order valence-electron chi connectivity index (χ3n) is 2.57. The van der Waals surface area contributed by atoms with E-state index in [-0.39, 0.29) is 19.1 Å². The Labute approximate surface area is 67.6 Å². The minimum atomic E-state index is 0.186. The summed E-state index contributed by atoms with van der Waals surface area (Å²) in [4.78, 5) is 0. The van der Waals surface area contributed by atoms with Crippen LogP contribution in [0, 0.1) is 11.8 Å². The van der Waals surface area contributed by atoms with Gasteiger partial charge in [0.05, 0.1) is 0 Å². The summed E-state index contributed by atoms with van der Waals surface area (Å²) in [7, 11) is 0. The van der Waals surface area contributed by atoms with Gasteiger partial charge in [0, 0.05) is 19.1 Å². The minimum Gasteiger partial charge on any atom is -0.396 e. The van der Waals surface area contributed by atoms with Gasteiger partial charge in [-0.25, -0.2) is 0 Å². The van der Waals surface area contributed by atoms with Crippen molar-refractivity contribution in [1.82, 2.24) is 0 Å². The predicted octanol–water partition coefficient (Wildman–Crippen LogP) is 0.944. The molecule has 0 heterocycles. The van der Waals surface area contributed by atoms with Crippen molar-refractivity contribution in [3.63, 3.8) is 0 Å². The van der Waals surface area contributed by atoms with Gasteiger partial charge in [-0.2, -0.15) is 0 Å². The third-order valence-corrected chi connectivity index (χ3v) is 2.57. The molecule has 64 valence electrons. The van der Waals surface area contributed by atoms with Gasteiger partial charge in [-0.05, 0) is 26.2 Å². The predicted molar refractivity (Wildman–Crippen MR) is 44.1 cm³/mol. The van der Waals surface area contributed by atoms with Gasteiger partial charge in [0.1, 0.15) is 0 Å². The van der Waals surface area contributed by atoms with E-state index < -0.39 is 0 Å². The van der Waals surface area contributed by atoms with Crippen LogP contribution >= 0.6 is 0 Å². The van der Waals surface area contributed by atoms with Gasteiger partial charge in [0.15, 0.2) is 0 Å². The molecule has 0 saturated heterocycles. The van der Waals surface area contributed by atoms with Gasteiger partial charge >= 0.3 is 0 Å². The first-order valence-electron chi connectivity index (χ1n) is 4.08. The van der Waals surface area contributed by atoms with Gasteiger partial charge in [-0.1, -0.05) is 11.1 Å². The lowest BCUT2D eigenvalue weighted by Gasteiger charge is -2.38. The molecule has 2 nitrogen and oxygen atoms in total. The van der Waals surface area contributed by atoms with E-state index in [0.29, 0.717) is 5.92 Å². The van der Waals surface area contributed by atoms with Crippen molar-refractivity contribution in [1.29, 1.82) is 0 Å². The maximum Gasteiger partial charge on any atom is 0.0500 e. The standard InChI is InChI=1S/C9H16O2/c1-6(2)8-3-7(4-10)9(8)5-11/h7,9-11H,3-5H2,1-2H3/t7-,9+/m1/s1. The Morgan fingerprint density at radius 3 is 2.36 bits per heavy atom. The lowest BCUT2D eigenvalue weighted by molar-refractivity contribution is 0.0941. The van der Waals surface area contributed by atoms with Crippen molar-refractivity contribution in [2.45, 2.75) is 20.3 Å². The monoisotopic (exact) mass is 156 g/mol. The number of rotatable bonds is 2. The first-order valence-corrected chi connectivity index (χ1v) is 4.08. The van der Waals surface area contributed by atoms with E-state index in [1.165, 1.54) is 11.1 Å². The van der Waals surface area contributed by atoms with Crippen molar-refractivity contribution in [3.8, 4) is 0 Å². The first kappa shape index (κ1) is 8.75. The molecule has 0 aromatic heterocycles. The van der Waals surface area contributed by atoms with Crippen LogP contribution in [0.3, 0.4) is 0 Å². The molecule has 0 bridgehead atoms. The van der Waals surface area contributed by atoms with E-state index in [4.69, 9.17) is 10.2 Å². The average Bonchev–Trinajstić information content (AvgIpc) is 1.86. The molecule has 2 N–H and O–H groups in total. The highest BCUT2D eigenvalue weighted by molar-refractivity contribution is 5.23. The second-order valence-electron chi connectivity index (χ2n) is 3.46. The molecule has 1 rings (SSSR count). The highest BCUT2D eigenvalue weighted by atomic mass is 16.3. The Bertz CT molecular complexity index is 168. The summed E-state index contributed by atoms with van der Waals surface area (Å²) < 4.78 is 0. The van der Waals surface area contributed by atoms with Crippen LogP contribution < -0.4 is 0 Å². The summed E-state index contributed by atoms with van der Waals surface area (Å²) in [5.74, 6) is 0.551. The highest BCUT2D eigenvalue weighted by Crippen LogP contribution is 2.40. The molecule has 0 radical (unpaired) electrons. The highest BCUT2D eigenvalue weighted by Gasteiger charge is 2.34. The van der Waals surface area contributed by atoms with Crippen molar-refractivity contribution in [2.24, 2.45) is 11.8 Å². The van der Waals surface area contributed by atoms with E-state index in [1.807, 2.05) is 0 Å². The molecule has 1 aliphatic rings.